The Bertz CT molecular complexity index is 834. The SMILES string of the molecule is COc1ccccc1C(=O)COc1ccc(C[C@@H]2SC(=O)NC2=O)cc1. The standard InChI is InChI=1S/C19H17NO5S/c1-24-16-5-3-2-4-14(16)15(21)11-25-13-8-6-12(7-9-13)10-17-18(22)20-19(23)26-17/h2-9,17H,10-11H2,1H3,(H,20,22,23)/t17-/m0/s1. The van der Waals surface area contributed by atoms with E-state index in [1.807, 2.05) is 12.1 Å². The fourth-order valence-corrected chi connectivity index (χ4v) is 3.42. The fraction of sp³-hybridized carbons (Fsp3) is 0.211. The highest BCUT2D eigenvalue weighted by atomic mass is 32.2. The maximum absolute atomic E-state index is 12.3. The second-order valence-corrected chi connectivity index (χ2v) is 6.82. The third kappa shape index (κ3) is 4.23. The minimum absolute atomic E-state index is 0.102. The van der Waals surface area contributed by atoms with E-state index in [9.17, 15) is 14.4 Å². The summed E-state index contributed by atoms with van der Waals surface area (Å²) in [4.78, 5) is 35.1. The van der Waals surface area contributed by atoms with Crippen LogP contribution in [0, 0.1) is 0 Å². The van der Waals surface area contributed by atoms with Crippen LogP contribution < -0.4 is 14.8 Å². The zero-order valence-electron chi connectivity index (χ0n) is 14.1. The van der Waals surface area contributed by atoms with Crippen LogP contribution in [0.5, 0.6) is 11.5 Å². The molecule has 7 heteroatoms. The quantitative estimate of drug-likeness (QED) is 0.754. The van der Waals surface area contributed by atoms with Crippen LogP contribution in [0.3, 0.4) is 0 Å². The lowest BCUT2D eigenvalue weighted by molar-refractivity contribution is -0.118. The first-order valence-electron chi connectivity index (χ1n) is 7.96. The molecule has 2 aromatic carbocycles. The van der Waals surface area contributed by atoms with Gasteiger partial charge in [-0.1, -0.05) is 36.0 Å². The van der Waals surface area contributed by atoms with E-state index >= 15 is 0 Å². The number of ketones is 1. The van der Waals surface area contributed by atoms with Gasteiger partial charge in [-0.15, -0.1) is 0 Å². The summed E-state index contributed by atoms with van der Waals surface area (Å²) in [6, 6.07) is 14.1. The number of thioether (sulfide) groups is 1. The fourth-order valence-electron chi connectivity index (χ4n) is 2.57. The number of benzene rings is 2. The molecule has 26 heavy (non-hydrogen) atoms. The van der Waals surface area contributed by atoms with Crippen LogP contribution >= 0.6 is 11.8 Å². The number of nitrogens with one attached hydrogen (secondary N) is 1. The molecule has 2 amide bonds. The molecule has 0 spiro atoms. The zero-order chi connectivity index (χ0) is 18.5. The summed E-state index contributed by atoms with van der Waals surface area (Å²) in [6.45, 7) is -0.102. The van der Waals surface area contributed by atoms with E-state index in [0.29, 0.717) is 23.5 Å². The topological polar surface area (TPSA) is 81.7 Å². The van der Waals surface area contributed by atoms with Crippen LogP contribution in [-0.4, -0.2) is 35.9 Å². The summed E-state index contributed by atoms with van der Waals surface area (Å²) in [5.74, 6) is 0.627. The minimum Gasteiger partial charge on any atom is -0.496 e. The Kier molecular flexibility index (Phi) is 5.58. The molecular formula is C19H17NO5S. The van der Waals surface area contributed by atoms with Crippen LogP contribution in [0.4, 0.5) is 4.79 Å². The van der Waals surface area contributed by atoms with Crippen LogP contribution in [0.1, 0.15) is 15.9 Å². The van der Waals surface area contributed by atoms with E-state index in [2.05, 4.69) is 5.32 Å². The summed E-state index contributed by atoms with van der Waals surface area (Å²) in [5.41, 5.74) is 1.39. The average Bonchev–Trinajstić information content (AvgIpc) is 2.97. The van der Waals surface area contributed by atoms with Crippen molar-refractivity contribution in [3.05, 3.63) is 59.7 Å². The van der Waals surface area contributed by atoms with Gasteiger partial charge in [-0.3, -0.25) is 19.7 Å². The molecule has 0 aromatic heterocycles. The van der Waals surface area contributed by atoms with E-state index in [1.165, 1.54) is 7.11 Å². The third-order valence-corrected chi connectivity index (χ3v) is 4.87. The van der Waals surface area contributed by atoms with Crippen molar-refractivity contribution in [2.24, 2.45) is 0 Å². The number of hydrogen-bond acceptors (Lipinski definition) is 6. The largest absolute Gasteiger partial charge is 0.496 e. The van der Waals surface area contributed by atoms with Crippen LogP contribution in [0.25, 0.3) is 0 Å². The van der Waals surface area contributed by atoms with Crippen molar-refractivity contribution in [2.45, 2.75) is 11.7 Å². The van der Waals surface area contributed by atoms with Crippen LogP contribution in [0.15, 0.2) is 48.5 Å². The molecule has 1 saturated heterocycles. The van der Waals surface area contributed by atoms with Crippen molar-refractivity contribution in [1.82, 2.24) is 5.32 Å². The van der Waals surface area contributed by atoms with E-state index in [1.54, 1.807) is 36.4 Å². The molecule has 2 aromatic rings. The van der Waals surface area contributed by atoms with Crippen molar-refractivity contribution >= 4 is 28.7 Å². The highest BCUT2D eigenvalue weighted by molar-refractivity contribution is 8.15. The molecule has 1 N–H and O–H groups in total. The van der Waals surface area contributed by atoms with Crippen LogP contribution in [0.2, 0.25) is 0 Å². The van der Waals surface area contributed by atoms with Gasteiger partial charge in [0.1, 0.15) is 11.5 Å². The van der Waals surface area contributed by atoms with Gasteiger partial charge in [0.25, 0.3) is 5.24 Å². The van der Waals surface area contributed by atoms with E-state index < -0.39 is 5.25 Å². The molecule has 1 fully saturated rings. The maximum atomic E-state index is 12.3. The monoisotopic (exact) mass is 371 g/mol. The predicted molar refractivity (Wildman–Crippen MR) is 97.9 cm³/mol. The zero-order valence-corrected chi connectivity index (χ0v) is 14.9. The molecule has 1 atom stereocenters. The highest BCUT2D eigenvalue weighted by Gasteiger charge is 2.31. The Morgan fingerprint density at radius 2 is 1.85 bits per heavy atom. The molecule has 1 aliphatic rings. The molecule has 1 heterocycles. The van der Waals surface area contributed by atoms with Crippen molar-refractivity contribution in [1.29, 1.82) is 0 Å². The van der Waals surface area contributed by atoms with Gasteiger partial charge >= 0.3 is 0 Å². The first-order valence-corrected chi connectivity index (χ1v) is 8.84. The number of amides is 2. The van der Waals surface area contributed by atoms with Gasteiger partial charge in [-0.2, -0.15) is 0 Å². The van der Waals surface area contributed by atoms with Gasteiger partial charge in [-0.25, -0.2) is 0 Å². The number of carbonyl (C=O) groups is 3. The molecule has 0 saturated carbocycles. The molecule has 3 rings (SSSR count). The number of imide groups is 1. The summed E-state index contributed by atoms with van der Waals surface area (Å²) in [6.07, 6.45) is 0.461. The van der Waals surface area contributed by atoms with Crippen molar-refractivity contribution < 1.29 is 23.9 Å². The van der Waals surface area contributed by atoms with Gasteiger partial charge < -0.3 is 9.47 Å². The Labute approximate surface area is 154 Å². The lowest BCUT2D eigenvalue weighted by atomic mass is 10.1. The Hall–Kier alpha value is -2.80. The summed E-state index contributed by atoms with van der Waals surface area (Å²) < 4.78 is 10.7. The molecule has 0 unspecified atom stereocenters. The van der Waals surface area contributed by atoms with Crippen molar-refractivity contribution in [3.8, 4) is 11.5 Å². The summed E-state index contributed by atoms with van der Waals surface area (Å²) >= 11 is 1.00. The van der Waals surface area contributed by atoms with Crippen molar-refractivity contribution in [2.75, 3.05) is 13.7 Å². The molecule has 0 bridgehead atoms. The highest BCUT2D eigenvalue weighted by Crippen LogP contribution is 2.24. The normalized spacial score (nSPS) is 16.3. The molecular weight excluding hydrogens is 354 g/mol. The Balaban J connectivity index is 1.57. The number of methoxy groups -OCH3 is 1. The number of rotatable bonds is 7. The number of carbonyl (C=O) groups excluding carboxylic acids is 3. The lowest BCUT2D eigenvalue weighted by Gasteiger charge is -2.10. The van der Waals surface area contributed by atoms with Gasteiger partial charge in [-0.05, 0) is 36.2 Å². The van der Waals surface area contributed by atoms with Crippen LogP contribution in [-0.2, 0) is 11.2 Å². The van der Waals surface area contributed by atoms with E-state index in [0.717, 1.165) is 17.3 Å². The second-order valence-electron chi connectivity index (χ2n) is 5.64. The summed E-state index contributed by atoms with van der Waals surface area (Å²) in [5, 5.41) is 1.56. The number of Topliss-reactive ketones (excluding diaryl/α,β-unsaturated/α-hetero) is 1. The second kappa shape index (κ2) is 8.05. The number of hydrogen-bond donors (Lipinski definition) is 1. The lowest BCUT2D eigenvalue weighted by Crippen LogP contribution is -2.25. The first-order chi connectivity index (χ1) is 12.6. The van der Waals surface area contributed by atoms with Gasteiger partial charge in [0.15, 0.2) is 6.61 Å². The first kappa shape index (κ1) is 18.0. The van der Waals surface area contributed by atoms with E-state index in [4.69, 9.17) is 9.47 Å². The molecule has 134 valence electrons. The Morgan fingerprint density at radius 1 is 1.12 bits per heavy atom. The molecule has 0 radical (unpaired) electrons. The van der Waals surface area contributed by atoms with E-state index in [-0.39, 0.29) is 23.5 Å². The maximum Gasteiger partial charge on any atom is 0.286 e. The predicted octanol–water partition coefficient (Wildman–Crippen LogP) is 2.85. The molecule has 0 aliphatic carbocycles. The Morgan fingerprint density at radius 3 is 2.50 bits per heavy atom. The average molecular weight is 371 g/mol. The number of para-hydroxylation sites is 1. The van der Waals surface area contributed by atoms with Crippen molar-refractivity contribution in [3.63, 3.8) is 0 Å². The smallest absolute Gasteiger partial charge is 0.286 e. The number of ether oxygens (including phenoxy) is 2. The molecule has 1 aliphatic heterocycles. The van der Waals surface area contributed by atoms with Gasteiger partial charge in [0.2, 0.25) is 11.7 Å². The van der Waals surface area contributed by atoms with Gasteiger partial charge in [0.05, 0.1) is 17.9 Å². The summed E-state index contributed by atoms with van der Waals surface area (Å²) in [7, 11) is 1.52. The minimum atomic E-state index is -0.401. The third-order valence-electron chi connectivity index (χ3n) is 3.89. The van der Waals surface area contributed by atoms with Gasteiger partial charge in [0, 0.05) is 0 Å². The molecule has 6 nitrogen and oxygen atoms in total.